The van der Waals surface area contributed by atoms with Crippen molar-refractivity contribution in [1.82, 2.24) is 15.1 Å². The third kappa shape index (κ3) is 3.03. The number of nitrogens with one attached hydrogen (secondary N) is 1. The van der Waals surface area contributed by atoms with Gasteiger partial charge in [-0.1, -0.05) is 0 Å². The van der Waals surface area contributed by atoms with Gasteiger partial charge in [0.1, 0.15) is 0 Å². The molecule has 2 N–H and O–H groups in total. The number of carbonyl (C=O) groups excluding carboxylic acids is 1. The number of alkyl halides is 3. The summed E-state index contributed by atoms with van der Waals surface area (Å²) in [6.45, 7) is 3.88. The minimum absolute atomic E-state index is 0.0502. The highest BCUT2D eigenvalue weighted by Gasteiger charge is 2.44. The molecule has 0 aromatic carbocycles. The van der Waals surface area contributed by atoms with Gasteiger partial charge in [0.15, 0.2) is 5.69 Å². The first-order chi connectivity index (χ1) is 11.1. The Morgan fingerprint density at radius 1 is 1.33 bits per heavy atom. The molecule has 0 radical (unpaired) electrons. The number of aliphatic hydroxyl groups is 1. The number of nitrogens with zero attached hydrogens (tertiary/aromatic N) is 2. The molecule has 0 saturated carbocycles. The molecule has 2 heterocycles. The maximum atomic E-state index is 13.0. The largest absolute Gasteiger partial charge is 0.435 e. The Morgan fingerprint density at radius 3 is 2.67 bits per heavy atom. The highest BCUT2D eigenvalue weighted by Crippen LogP contribution is 2.37. The molecule has 134 valence electrons. The fourth-order valence-electron chi connectivity index (χ4n) is 3.94. The number of hydrogen-bond acceptors (Lipinski definition) is 3. The lowest BCUT2D eigenvalue weighted by molar-refractivity contribution is -0.144. The molecule has 1 saturated heterocycles. The summed E-state index contributed by atoms with van der Waals surface area (Å²) in [5.74, 6) is -0.640. The Bertz CT molecular complexity index is 633. The molecule has 2 aliphatic rings. The van der Waals surface area contributed by atoms with E-state index < -0.39 is 23.4 Å². The molecule has 0 spiro atoms. The van der Waals surface area contributed by atoms with Gasteiger partial charge < -0.3 is 10.0 Å². The van der Waals surface area contributed by atoms with Crippen LogP contribution < -0.4 is 0 Å². The van der Waals surface area contributed by atoms with Crippen molar-refractivity contribution in [3.8, 4) is 0 Å². The zero-order chi connectivity index (χ0) is 17.7. The Kier molecular flexibility index (Phi) is 4.14. The number of fused-ring (bicyclic) bond motifs is 1. The van der Waals surface area contributed by atoms with Gasteiger partial charge in [-0.3, -0.25) is 9.89 Å². The fourth-order valence-corrected chi connectivity index (χ4v) is 3.94. The highest BCUT2D eigenvalue weighted by atomic mass is 19.4. The standard InChI is InChI=1S/C16H22F3N3O2/c1-15(2,24)12-4-3-7-22(12)14(23)9-5-6-11-10(8-9)13(21-20-11)16(17,18)19/h9,12,24H,3-8H2,1-2H3,(H,20,21). The minimum atomic E-state index is -4.52. The summed E-state index contributed by atoms with van der Waals surface area (Å²) in [4.78, 5) is 14.5. The number of rotatable bonds is 2. The summed E-state index contributed by atoms with van der Waals surface area (Å²) in [5.41, 5.74) is -1.33. The molecular weight excluding hydrogens is 323 g/mol. The van der Waals surface area contributed by atoms with Crippen molar-refractivity contribution in [1.29, 1.82) is 0 Å². The van der Waals surface area contributed by atoms with Gasteiger partial charge in [0, 0.05) is 23.7 Å². The molecule has 2 atom stereocenters. The van der Waals surface area contributed by atoms with Crippen molar-refractivity contribution < 1.29 is 23.1 Å². The van der Waals surface area contributed by atoms with Gasteiger partial charge >= 0.3 is 6.18 Å². The molecule has 1 amide bonds. The van der Waals surface area contributed by atoms with E-state index in [9.17, 15) is 23.1 Å². The van der Waals surface area contributed by atoms with Crippen molar-refractivity contribution in [2.75, 3.05) is 6.54 Å². The van der Waals surface area contributed by atoms with Crippen molar-refractivity contribution in [2.45, 2.75) is 63.8 Å². The zero-order valence-electron chi connectivity index (χ0n) is 13.8. The predicted octanol–water partition coefficient (Wildman–Crippen LogP) is 2.30. The van der Waals surface area contributed by atoms with Crippen molar-refractivity contribution >= 4 is 5.91 Å². The molecule has 2 unspecified atom stereocenters. The molecule has 0 bridgehead atoms. The lowest BCUT2D eigenvalue weighted by Gasteiger charge is -2.36. The number of aromatic nitrogens is 2. The van der Waals surface area contributed by atoms with E-state index in [0.717, 1.165) is 6.42 Å². The van der Waals surface area contributed by atoms with E-state index in [1.165, 1.54) is 0 Å². The number of aromatic amines is 1. The van der Waals surface area contributed by atoms with Crippen LogP contribution in [0.3, 0.4) is 0 Å². The Hall–Kier alpha value is -1.57. The average molecular weight is 345 g/mol. The molecule has 5 nitrogen and oxygen atoms in total. The first kappa shape index (κ1) is 17.3. The number of likely N-dealkylation sites (tertiary alicyclic amines) is 1. The maximum Gasteiger partial charge on any atom is 0.435 e. The van der Waals surface area contributed by atoms with E-state index in [2.05, 4.69) is 10.2 Å². The maximum absolute atomic E-state index is 13.0. The van der Waals surface area contributed by atoms with E-state index in [1.807, 2.05) is 0 Å². The Balaban J connectivity index is 1.80. The van der Waals surface area contributed by atoms with Crippen LogP contribution in [-0.4, -0.2) is 44.3 Å². The number of amides is 1. The third-order valence-corrected chi connectivity index (χ3v) is 5.12. The van der Waals surface area contributed by atoms with Gasteiger partial charge in [0.05, 0.1) is 11.6 Å². The van der Waals surface area contributed by atoms with E-state index in [4.69, 9.17) is 0 Å². The molecule has 1 fully saturated rings. The second-order valence-corrected chi connectivity index (χ2v) is 7.31. The van der Waals surface area contributed by atoms with Crippen LogP contribution in [0.5, 0.6) is 0 Å². The van der Waals surface area contributed by atoms with Crippen LogP contribution in [0.25, 0.3) is 0 Å². The van der Waals surface area contributed by atoms with Crippen LogP contribution in [0.4, 0.5) is 13.2 Å². The van der Waals surface area contributed by atoms with Crippen LogP contribution in [0.2, 0.25) is 0 Å². The quantitative estimate of drug-likeness (QED) is 0.864. The van der Waals surface area contributed by atoms with E-state index in [-0.39, 0.29) is 23.9 Å². The predicted molar refractivity (Wildman–Crippen MR) is 80.1 cm³/mol. The average Bonchev–Trinajstić information content (AvgIpc) is 3.11. The molecule has 1 aliphatic carbocycles. The summed E-state index contributed by atoms with van der Waals surface area (Å²) < 4.78 is 39.1. The van der Waals surface area contributed by atoms with Crippen LogP contribution in [0.15, 0.2) is 0 Å². The second-order valence-electron chi connectivity index (χ2n) is 7.31. The van der Waals surface area contributed by atoms with Crippen molar-refractivity contribution in [2.24, 2.45) is 5.92 Å². The second kappa shape index (κ2) is 5.75. The van der Waals surface area contributed by atoms with Crippen molar-refractivity contribution in [3.05, 3.63) is 17.0 Å². The van der Waals surface area contributed by atoms with E-state index >= 15 is 0 Å². The van der Waals surface area contributed by atoms with Gasteiger partial charge in [0.25, 0.3) is 0 Å². The van der Waals surface area contributed by atoms with Crippen LogP contribution in [-0.2, 0) is 23.8 Å². The summed E-state index contributed by atoms with van der Waals surface area (Å²) in [5, 5.41) is 16.1. The van der Waals surface area contributed by atoms with Crippen molar-refractivity contribution in [3.63, 3.8) is 0 Å². The summed E-state index contributed by atoms with van der Waals surface area (Å²) >= 11 is 0. The van der Waals surface area contributed by atoms with Gasteiger partial charge in [-0.05, 0) is 46.0 Å². The molecule has 1 aromatic heterocycles. The first-order valence-electron chi connectivity index (χ1n) is 8.25. The summed E-state index contributed by atoms with van der Waals surface area (Å²) in [6.07, 6.45) is -2.06. The van der Waals surface area contributed by atoms with Gasteiger partial charge in [-0.25, -0.2) is 0 Å². The molecular formula is C16H22F3N3O2. The van der Waals surface area contributed by atoms with E-state index in [1.54, 1.807) is 18.7 Å². The lowest BCUT2D eigenvalue weighted by Crippen LogP contribution is -2.50. The number of halogens is 3. The van der Waals surface area contributed by atoms with Gasteiger partial charge in [0.2, 0.25) is 5.91 Å². The zero-order valence-corrected chi connectivity index (χ0v) is 13.8. The van der Waals surface area contributed by atoms with Crippen LogP contribution >= 0.6 is 0 Å². The minimum Gasteiger partial charge on any atom is -0.388 e. The smallest absolute Gasteiger partial charge is 0.388 e. The van der Waals surface area contributed by atoms with Crippen LogP contribution in [0, 0.1) is 5.92 Å². The SMILES string of the molecule is CC(C)(O)C1CCCN1C(=O)C1CCc2[nH]nc(C(F)(F)F)c2C1. The first-order valence-corrected chi connectivity index (χ1v) is 8.25. The Labute approximate surface area is 138 Å². The van der Waals surface area contributed by atoms with Gasteiger partial charge in [-0.2, -0.15) is 18.3 Å². The molecule has 1 aromatic rings. The Morgan fingerprint density at radius 2 is 2.04 bits per heavy atom. The number of carbonyl (C=O) groups is 1. The molecule has 1 aliphatic heterocycles. The van der Waals surface area contributed by atoms with Crippen LogP contribution in [0.1, 0.15) is 50.1 Å². The normalized spacial score (nSPS) is 25.0. The monoisotopic (exact) mass is 345 g/mol. The summed E-state index contributed by atoms with van der Waals surface area (Å²) in [6, 6.07) is -0.280. The molecule has 24 heavy (non-hydrogen) atoms. The molecule has 3 rings (SSSR count). The lowest BCUT2D eigenvalue weighted by atomic mass is 9.84. The summed E-state index contributed by atoms with van der Waals surface area (Å²) in [7, 11) is 0. The third-order valence-electron chi connectivity index (χ3n) is 5.12. The fraction of sp³-hybridized carbons (Fsp3) is 0.750. The number of hydrogen-bond donors (Lipinski definition) is 2. The number of aryl methyl sites for hydroxylation is 1. The molecule has 8 heteroatoms. The topological polar surface area (TPSA) is 69.2 Å². The van der Waals surface area contributed by atoms with Gasteiger partial charge in [-0.15, -0.1) is 0 Å². The van der Waals surface area contributed by atoms with E-state index in [0.29, 0.717) is 31.5 Å². The highest BCUT2D eigenvalue weighted by molar-refractivity contribution is 5.80. The number of H-pyrrole nitrogens is 1.